The molecule has 4 aliphatic heterocycles. The van der Waals surface area contributed by atoms with E-state index in [1.165, 1.54) is 16.7 Å². The van der Waals surface area contributed by atoms with Gasteiger partial charge < -0.3 is 19.3 Å². The highest BCUT2D eigenvalue weighted by atomic mass is 32.2. The van der Waals surface area contributed by atoms with E-state index in [2.05, 4.69) is 65.2 Å². The van der Waals surface area contributed by atoms with Crippen LogP contribution < -0.4 is 4.74 Å². The van der Waals surface area contributed by atoms with Crippen molar-refractivity contribution in [2.24, 2.45) is 5.92 Å². The van der Waals surface area contributed by atoms with Crippen LogP contribution in [-0.4, -0.2) is 64.9 Å². The molecule has 0 radical (unpaired) electrons. The lowest BCUT2D eigenvalue weighted by Crippen LogP contribution is -2.49. The SMILES string of the molecule is COc1cc2c(cc1-c1cccnc1)C1C(C3CC=CS3)C3=C(C(=O)N(C(C)(C)C)CCCOC3)N1CC2. The number of carbonyl (C=O) groups excluding carboxylic acids is 1. The maximum absolute atomic E-state index is 14.4. The summed E-state index contributed by atoms with van der Waals surface area (Å²) in [6, 6.07) is 8.66. The largest absolute Gasteiger partial charge is 0.496 e. The van der Waals surface area contributed by atoms with Gasteiger partial charge in [-0.05, 0) is 80.3 Å². The first kappa shape index (κ1) is 25.5. The average molecular weight is 532 g/mol. The lowest BCUT2D eigenvalue weighted by molar-refractivity contribution is -0.133. The molecule has 1 aromatic carbocycles. The van der Waals surface area contributed by atoms with Crippen LogP contribution in [0.5, 0.6) is 5.75 Å². The lowest BCUT2D eigenvalue weighted by atomic mass is 9.80. The normalized spacial score (nSPS) is 25.5. The number of benzene rings is 1. The summed E-state index contributed by atoms with van der Waals surface area (Å²) in [5.74, 6) is 1.23. The number of hydrogen-bond acceptors (Lipinski definition) is 6. The molecule has 1 aromatic heterocycles. The second kappa shape index (κ2) is 10.1. The molecule has 0 fully saturated rings. The van der Waals surface area contributed by atoms with Gasteiger partial charge in [-0.1, -0.05) is 12.1 Å². The first-order valence-corrected chi connectivity index (χ1v) is 14.6. The molecule has 6 nitrogen and oxygen atoms in total. The number of aromatic nitrogens is 1. The zero-order valence-electron chi connectivity index (χ0n) is 22.8. The van der Waals surface area contributed by atoms with E-state index < -0.39 is 0 Å². The van der Waals surface area contributed by atoms with Crippen LogP contribution in [0.2, 0.25) is 0 Å². The van der Waals surface area contributed by atoms with E-state index in [0.717, 1.165) is 48.4 Å². The number of fused-ring (bicyclic) bond motifs is 4. The second-order valence-electron chi connectivity index (χ2n) is 11.6. The molecular weight excluding hydrogens is 494 g/mol. The van der Waals surface area contributed by atoms with Gasteiger partial charge in [-0.25, -0.2) is 0 Å². The number of amides is 1. The molecule has 5 heterocycles. The number of pyridine rings is 1. The van der Waals surface area contributed by atoms with Gasteiger partial charge in [0, 0.05) is 59.9 Å². The molecule has 0 saturated heterocycles. The first-order chi connectivity index (χ1) is 18.4. The van der Waals surface area contributed by atoms with Gasteiger partial charge in [0.05, 0.1) is 19.8 Å². The smallest absolute Gasteiger partial charge is 0.270 e. The molecule has 4 aliphatic rings. The summed E-state index contributed by atoms with van der Waals surface area (Å²) in [7, 11) is 1.74. The molecule has 1 amide bonds. The molecule has 0 aliphatic carbocycles. The van der Waals surface area contributed by atoms with Crippen LogP contribution in [0.15, 0.2) is 59.4 Å². The number of methoxy groups -OCH3 is 1. The minimum atomic E-state index is -0.259. The van der Waals surface area contributed by atoms with Crippen molar-refractivity contribution in [3.8, 4) is 16.9 Å². The summed E-state index contributed by atoms with van der Waals surface area (Å²) in [6.07, 6.45) is 8.71. The summed E-state index contributed by atoms with van der Waals surface area (Å²) in [6.45, 7) is 9.14. The van der Waals surface area contributed by atoms with Gasteiger partial charge in [-0.3, -0.25) is 9.78 Å². The van der Waals surface area contributed by atoms with Crippen LogP contribution >= 0.6 is 11.8 Å². The number of allylic oxidation sites excluding steroid dienone is 1. The minimum absolute atomic E-state index is 0.0938. The molecule has 0 bridgehead atoms. The summed E-state index contributed by atoms with van der Waals surface area (Å²) in [5, 5.41) is 2.61. The fourth-order valence-corrected chi connectivity index (χ4v) is 7.76. The van der Waals surface area contributed by atoms with E-state index in [0.29, 0.717) is 25.0 Å². The Morgan fingerprint density at radius 2 is 2.08 bits per heavy atom. The van der Waals surface area contributed by atoms with E-state index in [9.17, 15) is 4.79 Å². The Hall–Kier alpha value is -2.77. The third-order valence-corrected chi connectivity index (χ3v) is 9.53. The van der Waals surface area contributed by atoms with Gasteiger partial charge in [0.15, 0.2) is 0 Å². The summed E-state index contributed by atoms with van der Waals surface area (Å²) >= 11 is 1.90. The van der Waals surface area contributed by atoms with Gasteiger partial charge >= 0.3 is 0 Å². The van der Waals surface area contributed by atoms with Crippen molar-refractivity contribution in [1.29, 1.82) is 0 Å². The third-order valence-electron chi connectivity index (χ3n) is 8.35. The van der Waals surface area contributed by atoms with Crippen molar-refractivity contribution >= 4 is 17.7 Å². The molecule has 38 heavy (non-hydrogen) atoms. The van der Waals surface area contributed by atoms with Crippen molar-refractivity contribution in [3.05, 3.63) is 70.5 Å². The van der Waals surface area contributed by atoms with Gasteiger partial charge in [-0.2, -0.15) is 0 Å². The van der Waals surface area contributed by atoms with Crippen molar-refractivity contribution in [3.63, 3.8) is 0 Å². The number of rotatable bonds is 3. The Bertz CT molecular complexity index is 1280. The van der Waals surface area contributed by atoms with E-state index >= 15 is 0 Å². The minimum Gasteiger partial charge on any atom is -0.496 e. The Labute approximate surface area is 230 Å². The van der Waals surface area contributed by atoms with Crippen molar-refractivity contribution in [1.82, 2.24) is 14.8 Å². The van der Waals surface area contributed by atoms with Crippen molar-refractivity contribution < 1.29 is 14.3 Å². The number of ether oxygens (including phenoxy) is 2. The molecule has 3 unspecified atom stereocenters. The maximum Gasteiger partial charge on any atom is 0.270 e. The standard InChI is InChI=1S/C31H37N3O3S/c1-31(2,3)34-12-7-14-37-19-24-27(26-9-6-15-38-26)28-23-17-22(21-8-5-11-32-18-21)25(36-4)16-20(23)10-13-33(28)29(24)30(34)35/h5-6,8,11,15-18,26-28H,7,9-10,12-14,19H2,1-4H3. The summed E-state index contributed by atoms with van der Waals surface area (Å²) in [4.78, 5) is 23.3. The van der Waals surface area contributed by atoms with Crippen LogP contribution in [0, 0.1) is 5.92 Å². The molecule has 3 atom stereocenters. The molecule has 200 valence electrons. The zero-order chi connectivity index (χ0) is 26.4. The number of carbonyl (C=O) groups is 1. The predicted octanol–water partition coefficient (Wildman–Crippen LogP) is 5.61. The number of thioether (sulfide) groups is 1. The van der Waals surface area contributed by atoms with Crippen molar-refractivity contribution in [2.75, 3.05) is 33.4 Å². The van der Waals surface area contributed by atoms with E-state index in [1.807, 2.05) is 24.0 Å². The fraction of sp³-hybridized carbons (Fsp3) is 0.484. The number of hydrogen-bond donors (Lipinski definition) is 0. The topological polar surface area (TPSA) is 54.9 Å². The molecule has 7 heteroatoms. The van der Waals surface area contributed by atoms with Crippen LogP contribution in [0.3, 0.4) is 0 Å². The Balaban J connectivity index is 1.51. The first-order valence-electron chi connectivity index (χ1n) is 13.7. The van der Waals surface area contributed by atoms with Crippen LogP contribution in [-0.2, 0) is 16.0 Å². The van der Waals surface area contributed by atoms with Gasteiger partial charge in [0.2, 0.25) is 0 Å². The second-order valence-corrected chi connectivity index (χ2v) is 12.7. The molecule has 0 N–H and O–H groups in total. The van der Waals surface area contributed by atoms with Gasteiger partial charge in [-0.15, -0.1) is 11.8 Å². The van der Waals surface area contributed by atoms with Gasteiger partial charge in [0.1, 0.15) is 11.4 Å². The highest BCUT2D eigenvalue weighted by Crippen LogP contribution is 2.54. The molecule has 0 spiro atoms. The van der Waals surface area contributed by atoms with Crippen LogP contribution in [0.25, 0.3) is 11.1 Å². The molecule has 6 rings (SSSR count). The Morgan fingerprint density at radius 3 is 2.79 bits per heavy atom. The van der Waals surface area contributed by atoms with Crippen LogP contribution in [0.4, 0.5) is 0 Å². The van der Waals surface area contributed by atoms with E-state index in [1.54, 1.807) is 13.3 Å². The highest BCUT2D eigenvalue weighted by molar-refractivity contribution is 8.03. The van der Waals surface area contributed by atoms with E-state index in [4.69, 9.17) is 9.47 Å². The quantitative estimate of drug-likeness (QED) is 0.514. The Morgan fingerprint density at radius 1 is 1.21 bits per heavy atom. The molecule has 2 aromatic rings. The lowest BCUT2D eigenvalue weighted by Gasteiger charge is -2.42. The highest BCUT2D eigenvalue weighted by Gasteiger charge is 2.51. The summed E-state index contributed by atoms with van der Waals surface area (Å²) in [5.41, 5.74) is 6.51. The van der Waals surface area contributed by atoms with Gasteiger partial charge in [0.25, 0.3) is 5.91 Å². The Kier molecular flexibility index (Phi) is 6.77. The monoisotopic (exact) mass is 531 g/mol. The van der Waals surface area contributed by atoms with Crippen LogP contribution in [0.1, 0.15) is 50.8 Å². The summed E-state index contributed by atoms with van der Waals surface area (Å²) < 4.78 is 12.1. The maximum atomic E-state index is 14.4. The molecular formula is C31H37N3O3S. The van der Waals surface area contributed by atoms with Crippen molar-refractivity contribution in [2.45, 2.75) is 56.9 Å². The zero-order valence-corrected chi connectivity index (χ0v) is 23.6. The number of nitrogens with zero attached hydrogens (tertiary/aromatic N) is 3. The third kappa shape index (κ3) is 4.34. The average Bonchev–Trinajstić information content (AvgIpc) is 3.56. The predicted molar refractivity (Wildman–Crippen MR) is 152 cm³/mol. The molecule has 0 saturated carbocycles. The fourth-order valence-electron chi connectivity index (χ4n) is 6.63. The van der Waals surface area contributed by atoms with E-state index in [-0.39, 0.29) is 23.4 Å².